The van der Waals surface area contributed by atoms with Crippen LogP contribution in [-0.2, 0) is 9.53 Å². The number of nitrogens with zero attached hydrogens (tertiary/aromatic N) is 1. The number of nitrogens with one attached hydrogen (secondary N) is 1. The highest BCUT2D eigenvalue weighted by Crippen LogP contribution is 2.29. The van der Waals surface area contributed by atoms with Gasteiger partial charge in [0.25, 0.3) is 0 Å². The van der Waals surface area contributed by atoms with Crippen molar-refractivity contribution in [3.05, 3.63) is 48.7 Å². The summed E-state index contributed by atoms with van der Waals surface area (Å²) < 4.78 is 5.63. The SMILES string of the molecule is COC(C/C=C/C=C/C(=O)Nc1ccccn1)C1CCCCC1. The molecule has 0 aliphatic heterocycles. The summed E-state index contributed by atoms with van der Waals surface area (Å²) in [6.07, 6.45) is 16.6. The largest absolute Gasteiger partial charge is 0.381 e. The molecule has 0 bridgehead atoms. The van der Waals surface area contributed by atoms with Gasteiger partial charge in [0.05, 0.1) is 6.10 Å². The average Bonchev–Trinajstić information content (AvgIpc) is 2.60. The Bertz CT molecular complexity index is 519. The summed E-state index contributed by atoms with van der Waals surface area (Å²) in [5.41, 5.74) is 0. The molecule has 0 spiro atoms. The Labute approximate surface area is 138 Å². The molecule has 1 atom stereocenters. The van der Waals surface area contributed by atoms with E-state index in [-0.39, 0.29) is 5.91 Å². The minimum atomic E-state index is -0.177. The first kappa shape index (κ1) is 17.4. The van der Waals surface area contributed by atoms with Crippen LogP contribution < -0.4 is 5.32 Å². The van der Waals surface area contributed by atoms with E-state index >= 15 is 0 Å². The molecule has 1 aliphatic carbocycles. The van der Waals surface area contributed by atoms with Crippen LogP contribution in [0.3, 0.4) is 0 Å². The van der Waals surface area contributed by atoms with Crippen LogP contribution in [0.1, 0.15) is 38.5 Å². The molecule has 1 aromatic heterocycles. The van der Waals surface area contributed by atoms with Crippen LogP contribution in [0, 0.1) is 5.92 Å². The fourth-order valence-electron chi connectivity index (χ4n) is 3.03. The van der Waals surface area contributed by atoms with Crippen molar-refractivity contribution in [2.24, 2.45) is 5.92 Å². The number of hydrogen-bond donors (Lipinski definition) is 1. The number of anilines is 1. The third kappa shape index (κ3) is 6.37. The Morgan fingerprint density at radius 3 is 2.87 bits per heavy atom. The normalized spacial score (nSPS) is 17.6. The molecule has 1 aromatic rings. The number of methoxy groups -OCH3 is 1. The Morgan fingerprint density at radius 2 is 2.17 bits per heavy atom. The van der Waals surface area contributed by atoms with Gasteiger partial charge in [-0.2, -0.15) is 0 Å². The number of aromatic nitrogens is 1. The lowest BCUT2D eigenvalue weighted by Crippen LogP contribution is -2.24. The minimum absolute atomic E-state index is 0.177. The highest BCUT2D eigenvalue weighted by Gasteiger charge is 2.22. The summed E-state index contributed by atoms with van der Waals surface area (Å²) >= 11 is 0. The van der Waals surface area contributed by atoms with Gasteiger partial charge in [0.2, 0.25) is 5.91 Å². The fourth-order valence-corrected chi connectivity index (χ4v) is 3.03. The molecule has 1 unspecified atom stereocenters. The van der Waals surface area contributed by atoms with Crippen LogP contribution in [0.5, 0.6) is 0 Å². The molecular weight excluding hydrogens is 288 g/mol. The zero-order valence-electron chi connectivity index (χ0n) is 13.8. The highest BCUT2D eigenvalue weighted by molar-refractivity contribution is 5.98. The zero-order valence-corrected chi connectivity index (χ0v) is 13.8. The Balaban J connectivity index is 1.73. The van der Waals surface area contributed by atoms with Crippen LogP contribution in [0.15, 0.2) is 48.7 Å². The van der Waals surface area contributed by atoms with Gasteiger partial charge in [-0.3, -0.25) is 4.79 Å². The van der Waals surface area contributed by atoms with Crippen LogP contribution in [-0.4, -0.2) is 24.1 Å². The lowest BCUT2D eigenvalue weighted by atomic mass is 9.84. The number of carbonyl (C=O) groups is 1. The van der Waals surface area contributed by atoms with Gasteiger partial charge < -0.3 is 10.1 Å². The lowest BCUT2D eigenvalue weighted by Gasteiger charge is -2.28. The predicted octanol–water partition coefficient (Wildman–Crippen LogP) is 4.12. The Hall–Kier alpha value is -1.94. The first-order valence-electron chi connectivity index (χ1n) is 8.37. The minimum Gasteiger partial charge on any atom is -0.381 e. The Morgan fingerprint density at radius 1 is 1.35 bits per heavy atom. The monoisotopic (exact) mass is 314 g/mol. The van der Waals surface area contributed by atoms with Crippen molar-refractivity contribution in [2.45, 2.75) is 44.6 Å². The third-order valence-corrected chi connectivity index (χ3v) is 4.26. The van der Waals surface area contributed by atoms with Crippen molar-refractivity contribution in [3.8, 4) is 0 Å². The summed E-state index contributed by atoms with van der Waals surface area (Å²) in [5.74, 6) is 1.06. The van der Waals surface area contributed by atoms with E-state index in [1.165, 1.54) is 38.2 Å². The van der Waals surface area contributed by atoms with Gasteiger partial charge in [0, 0.05) is 19.4 Å². The van der Waals surface area contributed by atoms with E-state index in [0.717, 1.165) is 6.42 Å². The number of hydrogen-bond acceptors (Lipinski definition) is 3. The van der Waals surface area contributed by atoms with Gasteiger partial charge >= 0.3 is 0 Å². The molecule has 0 saturated heterocycles. The van der Waals surface area contributed by atoms with E-state index in [0.29, 0.717) is 17.8 Å². The summed E-state index contributed by atoms with van der Waals surface area (Å²) in [6, 6.07) is 5.41. The summed E-state index contributed by atoms with van der Waals surface area (Å²) in [5, 5.41) is 2.71. The first-order chi connectivity index (χ1) is 11.3. The molecule has 23 heavy (non-hydrogen) atoms. The summed E-state index contributed by atoms with van der Waals surface area (Å²) in [6.45, 7) is 0. The van der Waals surface area contributed by atoms with E-state index in [9.17, 15) is 4.79 Å². The lowest BCUT2D eigenvalue weighted by molar-refractivity contribution is -0.111. The number of pyridine rings is 1. The third-order valence-electron chi connectivity index (χ3n) is 4.26. The molecule has 2 rings (SSSR count). The van der Waals surface area contributed by atoms with Crippen molar-refractivity contribution >= 4 is 11.7 Å². The number of amides is 1. The smallest absolute Gasteiger partial charge is 0.249 e. The van der Waals surface area contributed by atoms with Crippen molar-refractivity contribution < 1.29 is 9.53 Å². The molecule has 1 saturated carbocycles. The molecule has 0 aromatic carbocycles. The maximum Gasteiger partial charge on any atom is 0.249 e. The zero-order chi connectivity index (χ0) is 16.3. The summed E-state index contributed by atoms with van der Waals surface area (Å²) in [4.78, 5) is 15.8. The number of carbonyl (C=O) groups excluding carboxylic acids is 1. The Kier molecular flexibility index (Phi) is 7.54. The molecular formula is C19H26N2O2. The van der Waals surface area contributed by atoms with Crippen LogP contribution in [0.2, 0.25) is 0 Å². The topological polar surface area (TPSA) is 51.2 Å². The highest BCUT2D eigenvalue weighted by atomic mass is 16.5. The van der Waals surface area contributed by atoms with Gasteiger partial charge in [0.15, 0.2) is 0 Å². The van der Waals surface area contributed by atoms with E-state index in [1.807, 2.05) is 18.2 Å². The maximum atomic E-state index is 11.7. The van der Waals surface area contributed by atoms with E-state index in [2.05, 4.69) is 16.4 Å². The van der Waals surface area contributed by atoms with E-state index in [4.69, 9.17) is 4.74 Å². The van der Waals surface area contributed by atoms with Crippen LogP contribution in [0.4, 0.5) is 5.82 Å². The average molecular weight is 314 g/mol. The van der Waals surface area contributed by atoms with E-state index < -0.39 is 0 Å². The molecule has 1 fully saturated rings. The second-order valence-electron chi connectivity index (χ2n) is 5.90. The summed E-state index contributed by atoms with van der Waals surface area (Å²) in [7, 11) is 1.79. The second-order valence-corrected chi connectivity index (χ2v) is 5.90. The van der Waals surface area contributed by atoms with Gasteiger partial charge in [-0.05, 0) is 37.3 Å². The molecule has 4 nitrogen and oxygen atoms in total. The van der Waals surface area contributed by atoms with Crippen molar-refractivity contribution in [2.75, 3.05) is 12.4 Å². The van der Waals surface area contributed by atoms with Gasteiger partial charge in [-0.1, -0.05) is 43.6 Å². The second kappa shape index (κ2) is 9.95. The molecule has 0 radical (unpaired) electrons. The number of ether oxygens (including phenoxy) is 1. The molecule has 1 aliphatic rings. The molecule has 1 amide bonds. The number of allylic oxidation sites excluding steroid dienone is 2. The standard InChI is InChI=1S/C19H26N2O2/c1-23-17(16-10-4-2-5-11-16)12-6-3-7-14-19(22)21-18-13-8-9-15-20-18/h3,6-9,13-17H,2,4-5,10-12H2,1H3,(H,20,21,22)/b6-3+,14-7+. The van der Waals surface area contributed by atoms with E-state index in [1.54, 1.807) is 25.4 Å². The van der Waals surface area contributed by atoms with Crippen LogP contribution in [0.25, 0.3) is 0 Å². The van der Waals surface area contributed by atoms with Gasteiger partial charge in [0.1, 0.15) is 5.82 Å². The molecule has 1 N–H and O–H groups in total. The van der Waals surface area contributed by atoms with Crippen molar-refractivity contribution in [1.82, 2.24) is 4.98 Å². The first-order valence-corrected chi connectivity index (χ1v) is 8.37. The number of rotatable bonds is 7. The van der Waals surface area contributed by atoms with Gasteiger partial charge in [-0.15, -0.1) is 0 Å². The molecule has 1 heterocycles. The maximum absolute atomic E-state index is 11.7. The van der Waals surface area contributed by atoms with Crippen molar-refractivity contribution in [3.63, 3.8) is 0 Å². The van der Waals surface area contributed by atoms with Crippen LogP contribution >= 0.6 is 0 Å². The predicted molar refractivity (Wildman–Crippen MR) is 93.1 cm³/mol. The quantitative estimate of drug-likeness (QED) is 0.608. The molecule has 4 heteroatoms. The van der Waals surface area contributed by atoms with Crippen molar-refractivity contribution in [1.29, 1.82) is 0 Å². The van der Waals surface area contributed by atoms with Gasteiger partial charge in [-0.25, -0.2) is 4.98 Å². The molecule has 124 valence electrons. The fraction of sp³-hybridized carbons (Fsp3) is 0.474.